The highest BCUT2D eigenvalue weighted by atomic mass is 16.6. The molecule has 1 saturated carbocycles. The number of aromatic nitrogens is 4. The number of nitrogens with one attached hydrogen (secondary N) is 2. The molecule has 264 valence electrons. The van der Waals surface area contributed by atoms with E-state index in [1.165, 1.54) is 5.56 Å². The summed E-state index contributed by atoms with van der Waals surface area (Å²) in [5, 5.41) is 6.64. The topological polar surface area (TPSA) is 118 Å². The van der Waals surface area contributed by atoms with Crippen LogP contribution in [-0.2, 0) is 16.0 Å². The molecule has 2 aromatic heterocycles. The van der Waals surface area contributed by atoms with E-state index in [4.69, 9.17) is 4.74 Å². The van der Waals surface area contributed by atoms with E-state index in [2.05, 4.69) is 59.3 Å². The van der Waals surface area contributed by atoms with Gasteiger partial charge in [0.15, 0.2) is 17.0 Å². The highest BCUT2D eigenvalue weighted by Gasteiger charge is 2.33. The molecule has 4 aromatic rings. The van der Waals surface area contributed by atoms with Crippen LogP contribution in [0, 0.1) is 5.92 Å². The molecule has 0 unspecified atom stereocenters. The zero-order valence-corrected chi connectivity index (χ0v) is 29.6. The lowest BCUT2D eigenvalue weighted by molar-refractivity contribution is -0.121. The molecular weight excluding hydrogens is 628 g/mol. The molecular formula is C39H50N8O3. The number of hydrogen-bond acceptors (Lipinski definition) is 8. The van der Waals surface area contributed by atoms with E-state index < -0.39 is 5.60 Å². The van der Waals surface area contributed by atoms with Gasteiger partial charge in [-0.05, 0) is 107 Å². The van der Waals surface area contributed by atoms with Crippen molar-refractivity contribution in [3.63, 3.8) is 0 Å². The first-order chi connectivity index (χ1) is 24.2. The Balaban J connectivity index is 0.865. The molecule has 2 amide bonds. The predicted molar refractivity (Wildman–Crippen MR) is 194 cm³/mol. The molecule has 0 bridgehead atoms. The number of hydrogen-bond donors (Lipinski definition) is 2. The molecule has 3 aliphatic rings. The van der Waals surface area contributed by atoms with Gasteiger partial charge in [0.1, 0.15) is 11.9 Å². The Morgan fingerprint density at radius 3 is 2.30 bits per heavy atom. The Hall–Kier alpha value is -4.51. The Bertz CT molecular complexity index is 1750. The molecule has 2 aliphatic heterocycles. The first kappa shape index (κ1) is 34.0. The smallest absolute Gasteiger partial charge is 0.410 e. The second kappa shape index (κ2) is 14.8. The standard InChI is InChI=1S/C39H50N8O3/c1-39(2,3)50-38(49)46-19-13-28(14-20-46)24-45-17-15-30(16-18-45)29-9-11-31(12-10-29)44-36-35-37(41-25-40-36)47(26-42-35)33-22-32(23-33)43-34(48)21-27-7-5-4-6-8-27/h4-12,25-26,28,30,32-33H,13-24H2,1-3H3,(H,43,48)(H,40,41,44). The van der Waals surface area contributed by atoms with E-state index in [9.17, 15) is 9.59 Å². The fraction of sp³-hybridized carbons (Fsp3) is 0.513. The number of amides is 2. The molecule has 7 rings (SSSR count). The van der Waals surface area contributed by atoms with Crippen LogP contribution < -0.4 is 10.6 Å². The van der Waals surface area contributed by atoms with Crippen molar-refractivity contribution in [1.29, 1.82) is 0 Å². The number of carbonyl (C=O) groups excluding carboxylic acids is 2. The summed E-state index contributed by atoms with van der Waals surface area (Å²) in [6, 6.07) is 19.0. The first-order valence-corrected chi connectivity index (χ1v) is 18.2. The van der Waals surface area contributed by atoms with Crippen molar-refractivity contribution in [3.8, 4) is 0 Å². The average molecular weight is 679 g/mol. The Morgan fingerprint density at radius 2 is 1.60 bits per heavy atom. The van der Waals surface area contributed by atoms with Gasteiger partial charge in [-0.1, -0.05) is 42.5 Å². The van der Waals surface area contributed by atoms with Crippen molar-refractivity contribution >= 4 is 34.7 Å². The van der Waals surface area contributed by atoms with Crippen LogP contribution in [0.2, 0.25) is 0 Å². The van der Waals surface area contributed by atoms with Gasteiger partial charge in [0.05, 0.1) is 12.7 Å². The van der Waals surface area contributed by atoms with Gasteiger partial charge in [0.25, 0.3) is 0 Å². The number of nitrogens with zero attached hydrogens (tertiary/aromatic N) is 6. The van der Waals surface area contributed by atoms with Crippen molar-refractivity contribution in [3.05, 3.63) is 78.4 Å². The minimum atomic E-state index is -0.448. The van der Waals surface area contributed by atoms with Gasteiger partial charge in [0, 0.05) is 37.4 Å². The van der Waals surface area contributed by atoms with E-state index in [1.807, 2.05) is 62.3 Å². The van der Waals surface area contributed by atoms with Crippen LogP contribution in [0.3, 0.4) is 0 Å². The summed E-state index contributed by atoms with van der Waals surface area (Å²) in [4.78, 5) is 43.2. The fourth-order valence-corrected chi connectivity index (χ4v) is 7.62. The van der Waals surface area contributed by atoms with Crippen LogP contribution in [0.25, 0.3) is 11.2 Å². The van der Waals surface area contributed by atoms with Crippen molar-refractivity contribution in [2.24, 2.45) is 5.92 Å². The van der Waals surface area contributed by atoms with Crippen LogP contribution in [0.1, 0.15) is 82.4 Å². The van der Waals surface area contributed by atoms with Crippen molar-refractivity contribution < 1.29 is 14.3 Å². The number of fused-ring (bicyclic) bond motifs is 1. The quantitative estimate of drug-likeness (QED) is 0.207. The predicted octanol–water partition coefficient (Wildman–Crippen LogP) is 6.46. The second-order valence-electron chi connectivity index (χ2n) is 15.3. The molecule has 0 spiro atoms. The van der Waals surface area contributed by atoms with E-state index in [-0.39, 0.29) is 24.1 Å². The SMILES string of the molecule is CC(C)(C)OC(=O)N1CCC(CN2CCC(c3ccc(Nc4ncnc5c4ncn5C4CC(NC(=O)Cc5ccccc5)C4)cc3)CC2)CC1. The van der Waals surface area contributed by atoms with Gasteiger partial charge in [-0.15, -0.1) is 0 Å². The lowest BCUT2D eigenvalue weighted by atomic mass is 9.86. The molecule has 2 aromatic carbocycles. The largest absolute Gasteiger partial charge is 0.444 e. The summed E-state index contributed by atoms with van der Waals surface area (Å²) >= 11 is 0. The summed E-state index contributed by atoms with van der Waals surface area (Å²) in [6.45, 7) is 10.7. The zero-order valence-electron chi connectivity index (χ0n) is 29.6. The zero-order chi connectivity index (χ0) is 34.7. The minimum Gasteiger partial charge on any atom is -0.444 e. The maximum absolute atomic E-state index is 12.5. The summed E-state index contributed by atoms with van der Waals surface area (Å²) in [5.41, 5.74) is 4.49. The summed E-state index contributed by atoms with van der Waals surface area (Å²) in [6.07, 6.45) is 9.78. The number of ether oxygens (including phenoxy) is 1. The molecule has 11 heteroatoms. The molecule has 4 heterocycles. The number of likely N-dealkylation sites (tertiary alicyclic amines) is 2. The Morgan fingerprint density at radius 1 is 0.880 bits per heavy atom. The Kier molecular flexibility index (Phi) is 10.0. The van der Waals surface area contributed by atoms with E-state index in [0.29, 0.717) is 24.1 Å². The van der Waals surface area contributed by atoms with Crippen LogP contribution in [0.4, 0.5) is 16.3 Å². The molecule has 50 heavy (non-hydrogen) atoms. The van der Waals surface area contributed by atoms with Crippen molar-refractivity contribution in [2.45, 2.75) is 89.3 Å². The third kappa shape index (κ3) is 8.26. The molecule has 11 nitrogen and oxygen atoms in total. The maximum Gasteiger partial charge on any atom is 0.410 e. The highest BCUT2D eigenvalue weighted by Crippen LogP contribution is 2.36. The van der Waals surface area contributed by atoms with Gasteiger partial charge in [0.2, 0.25) is 5.91 Å². The van der Waals surface area contributed by atoms with Gasteiger partial charge < -0.3 is 29.7 Å². The molecule has 2 N–H and O–H groups in total. The van der Waals surface area contributed by atoms with Crippen LogP contribution in [0.15, 0.2) is 67.3 Å². The van der Waals surface area contributed by atoms with E-state index in [0.717, 1.165) is 93.7 Å². The highest BCUT2D eigenvalue weighted by molar-refractivity contribution is 5.85. The van der Waals surface area contributed by atoms with Gasteiger partial charge in [-0.2, -0.15) is 0 Å². The normalized spacial score (nSPS) is 20.7. The number of benzene rings is 2. The van der Waals surface area contributed by atoms with Crippen LogP contribution in [-0.4, -0.2) is 85.7 Å². The van der Waals surface area contributed by atoms with Gasteiger partial charge in [-0.25, -0.2) is 19.7 Å². The third-order valence-electron chi connectivity index (χ3n) is 10.5. The third-order valence-corrected chi connectivity index (χ3v) is 10.5. The number of carbonyl (C=O) groups is 2. The molecule has 0 radical (unpaired) electrons. The van der Waals surface area contributed by atoms with Crippen molar-refractivity contribution in [1.82, 2.24) is 34.6 Å². The van der Waals surface area contributed by atoms with Crippen LogP contribution in [0.5, 0.6) is 0 Å². The van der Waals surface area contributed by atoms with E-state index >= 15 is 0 Å². The molecule has 1 aliphatic carbocycles. The molecule has 3 fully saturated rings. The summed E-state index contributed by atoms with van der Waals surface area (Å²) in [5.74, 6) is 1.95. The maximum atomic E-state index is 12.5. The Labute approximate surface area is 294 Å². The second-order valence-corrected chi connectivity index (χ2v) is 15.3. The van der Waals surface area contributed by atoms with Crippen LogP contribution >= 0.6 is 0 Å². The number of imidazole rings is 1. The monoisotopic (exact) mass is 678 g/mol. The molecule has 0 atom stereocenters. The van der Waals surface area contributed by atoms with Gasteiger partial charge >= 0.3 is 6.09 Å². The summed E-state index contributed by atoms with van der Waals surface area (Å²) < 4.78 is 7.68. The molecule has 2 saturated heterocycles. The van der Waals surface area contributed by atoms with Gasteiger partial charge in [-0.3, -0.25) is 4.79 Å². The number of anilines is 2. The lowest BCUT2D eigenvalue weighted by Gasteiger charge is -2.38. The van der Waals surface area contributed by atoms with Crippen molar-refractivity contribution in [2.75, 3.05) is 38.0 Å². The fourth-order valence-electron chi connectivity index (χ4n) is 7.62. The minimum absolute atomic E-state index is 0.0610. The van der Waals surface area contributed by atoms with E-state index in [1.54, 1.807) is 6.33 Å². The average Bonchev–Trinajstić information content (AvgIpc) is 3.51. The summed E-state index contributed by atoms with van der Waals surface area (Å²) in [7, 11) is 0. The lowest BCUT2D eigenvalue weighted by Crippen LogP contribution is -2.45. The number of rotatable bonds is 9. The first-order valence-electron chi connectivity index (χ1n) is 18.2. The number of piperidine rings is 2.